The summed E-state index contributed by atoms with van der Waals surface area (Å²) in [5.74, 6) is 1.57. The first-order valence-electron chi connectivity index (χ1n) is 7.26. The van der Waals surface area contributed by atoms with E-state index in [1.54, 1.807) is 0 Å². The van der Waals surface area contributed by atoms with Gasteiger partial charge < -0.3 is 9.55 Å². The summed E-state index contributed by atoms with van der Waals surface area (Å²) in [5, 5.41) is 4.58. The summed E-state index contributed by atoms with van der Waals surface area (Å²) in [4.78, 5) is 3.35. The average Bonchev–Trinajstić information content (AvgIpc) is 3.00. The Morgan fingerprint density at radius 3 is 2.84 bits per heavy atom. The van der Waals surface area contributed by atoms with E-state index in [1.807, 2.05) is 11.7 Å². The minimum atomic E-state index is 0.755. The molecular formula is C14H22N4S. The van der Waals surface area contributed by atoms with Crippen LogP contribution < -0.4 is 0 Å². The number of hydrogen-bond acceptors (Lipinski definition) is 2. The molecule has 0 aromatic carbocycles. The Balaban J connectivity index is 2.05. The van der Waals surface area contributed by atoms with Crippen molar-refractivity contribution in [1.29, 1.82) is 0 Å². The number of nitrogens with one attached hydrogen (secondary N) is 1. The molecule has 0 bridgehead atoms. The first-order valence-corrected chi connectivity index (χ1v) is 7.67. The average molecular weight is 278 g/mol. The number of aryl methyl sites for hydroxylation is 2. The smallest absolute Gasteiger partial charge is 0.179 e. The van der Waals surface area contributed by atoms with E-state index in [1.165, 1.54) is 19.3 Å². The third kappa shape index (κ3) is 2.04. The fourth-order valence-corrected chi connectivity index (χ4v) is 3.69. The second-order valence-corrected chi connectivity index (χ2v) is 6.22. The molecule has 3 rings (SSSR count). The monoisotopic (exact) mass is 278 g/mol. The zero-order valence-electron chi connectivity index (χ0n) is 11.9. The molecule has 0 amide bonds. The molecule has 4 nitrogen and oxygen atoms in total. The number of aromatic nitrogens is 4. The summed E-state index contributed by atoms with van der Waals surface area (Å²) >= 11 is 5.51. The second-order valence-electron chi connectivity index (χ2n) is 5.83. The fraction of sp³-hybridized carbons (Fsp3) is 0.714. The van der Waals surface area contributed by atoms with Crippen molar-refractivity contribution in [2.45, 2.75) is 46.1 Å². The molecular weight excluding hydrogens is 256 g/mol. The number of imidazole rings is 1. The largest absolute Gasteiger partial charge is 0.328 e. The van der Waals surface area contributed by atoms with Gasteiger partial charge in [-0.2, -0.15) is 5.10 Å². The summed E-state index contributed by atoms with van der Waals surface area (Å²) < 4.78 is 5.07. The van der Waals surface area contributed by atoms with Crippen molar-refractivity contribution in [3.05, 3.63) is 10.5 Å². The second kappa shape index (κ2) is 4.78. The van der Waals surface area contributed by atoms with E-state index in [-0.39, 0.29) is 0 Å². The van der Waals surface area contributed by atoms with Gasteiger partial charge >= 0.3 is 0 Å². The van der Waals surface area contributed by atoms with Gasteiger partial charge in [-0.1, -0.05) is 26.7 Å². The third-order valence-electron chi connectivity index (χ3n) is 4.61. The van der Waals surface area contributed by atoms with E-state index < -0.39 is 0 Å². The van der Waals surface area contributed by atoms with Crippen LogP contribution in [0.1, 0.15) is 38.8 Å². The number of nitrogens with zero attached hydrogens (tertiary/aromatic N) is 3. The first kappa shape index (κ1) is 12.9. The van der Waals surface area contributed by atoms with Gasteiger partial charge in [0, 0.05) is 13.6 Å². The molecule has 19 heavy (non-hydrogen) atoms. The molecule has 1 N–H and O–H groups in total. The molecule has 0 aliphatic heterocycles. The van der Waals surface area contributed by atoms with Crippen LogP contribution in [0.5, 0.6) is 0 Å². The molecule has 104 valence electrons. The molecule has 0 saturated heterocycles. The van der Waals surface area contributed by atoms with E-state index in [0.717, 1.165) is 46.4 Å². The van der Waals surface area contributed by atoms with Crippen molar-refractivity contribution in [1.82, 2.24) is 19.3 Å². The highest BCUT2D eigenvalue weighted by Crippen LogP contribution is 2.33. The standard InChI is InChI=1S/C14H22N4S/c1-4-11-12-13(17(3)16-11)18(14(19)15-12)8-10-7-5-6-9(10)2/h9-10H,4-8H2,1-3H3,(H,15,19). The van der Waals surface area contributed by atoms with Crippen LogP contribution in [0.2, 0.25) is 0 Å². The van der Waals surface area contributed by atoms with E-state index in [9.17, 15) is 0 Å². The summed E-state index contributed by atoms with van der Waals surface area (Å²) in [6.45, 7) is 5.53. The van der Waals surface area contributed by atoms with Gasteiger partial charge in [0.05, 0.1) is 5.69 Å². The van der Waals surface area contributed by atoms with Crippen LogP contribution in [0.4, 0.5) is 0 Å². The van der Waals surface area contributed by atoms with E-state index in [2.05, 4.69) is 28.5 Å². The Bertz CT molecular complexity index is 648. The number of fused-ring (bicyclic) bond motifs is 1. The molecule has 2 atom stereocenters. The molecule has 2 heterocycles. The molecule has 0 radical (unpaired) electrons. The van der Waals surface area contributed by atoms with E-state index in [0.29, 0.717) is 0 Å². The van der Waals surface area contributed by atoms with Crippen molar-refractivity contribution in [3.63, 3.8) is 0 Å². The zero-order valence-corrected chi connectivity index (χ0v) is 12.8. The summed E-state index contributed by atoms with van der Waals surface area (Å²) in [7, 11) is 2.01. The SMILES string of the molecule is CCc1nn(C)c2c1[nH]c(=S)n2CC1CCCC1C. The Hall–Kier alpha value is -1.10. The lowest BCUT2D eigenvalue weighted by atomic mass is 9.98. The predicted octanol–water partition coefficient (Wildman–Crippen LogP) is 3.43. The molecule has 5 heteroatoms. The van der Waals surface area contributed by atoms with Gasteiger partial charge in [-0.05, 0) is 36.9 Å². The van der Waals surface area contributed by atoms with Gasteiger partial charge in [0.1, 0.15) is 5.52 Å². The molecule has 1 aliphatic carbocycles. The lowest BCUT2D eigenvalue weighted by Gasteiger charge is -2.16. The van der Waals surface area contributed by atoms with Gasteiger partial charge in [0.2, 0.25) is 0 Å². The maximum Gasteiger partial charge on any atom is 0.179 e. The van der Waals surface area contributed by atoms with Crippen LogP contribution in [-0.4, -0.2) is 19.3 Å². The van der Waals surface area contributed by atoms with Gasteiger partial charge in [0.25, 0.3) is 0 Å². The third-order valence-corrected chi connectivity index (χ3v) is 4.94. The lowest BCUT2D eigenvalue weighted by molar-refractivity contribution is 0.364. The van der Waals surface area contributed by atoms with Crippen LogP contribution >= 0.6 is 12.2 Å². The first-order chi connectivity index (χ1) is 9.11. The van der Waals surface area contributed by atoms with Crippen molar-refractivity contribution in [2.75, 3.05) is 0 Å². The maximum absolute atomic E-state index is 5.51. The molecule has 2 aromatic rings. The van der Waals surface area contributed by atoms with Crippen molar-refractivity contribution >= 4 is 23.4 Å². The van der Waals surface area contributed by atoms with Crippen molar-refractivity contribution < 1.29 is 0 Å². The number of rotatable bonds is 3. The molecule has 1 aliphatic rings. The topological polar surface area (TPSA) is 38.5 Å². The summed E-state index contributed by atoms with van der Waals surface area (Å²) in [6.07, 6.45) is 4.98. The Morgan fingerprint density at radius 2 is 2.21 bits per heavy atom. The Kier molecular flexibility index (Phi) is 3.25. The maximum atomic E-state index is 5.51. The van der Waals surface area contributed by atoms with E-state index in [4.69, 9.17) is 12.2 Å². The van der Waals surface area contributed by atoms with Crippen LogP contribution in [-0.2, 0) is 20.0 Å². The highest BCUT2D eigenvalue weighted by Gasteiger charge is 2.25. The van der Waals surface area contributed by atoms with Gasteiger partial charge in [0.15, 0.2) is 10.4 Å². The van der Waals surface area contributed by atoms with Crippen LogP contribution in [0.25, 0.3) is 11.2 Å². The van der Waals surface area contributed by atoms with Gasteiger partial charge in [-0.15, -0.1) is 0 Å². The Morgan fingerprint density at radius 1 is 1.42 bits per heavy atom. The van der Waals surface area contributed by atoms with Crippen molar-refractivity contribution in [2.24, 2.45) is 18.9 Å². The molecule has 2 aromatic heterocycles. The molecule has 1 fully saturated rings. The molecule has 0 spiro atoms. The number of H-pyrrole nitrogens is 1. The Labute approximate surface area is 118 Å². The van der Waals surface area contributed by atoms with Crippen LogP contribution in [0.3, 0.4) is 0 Å². The fourth-order valence-electron chi connectivity index (χ4n) is 3.42. The predicted molar refractivity (Wildman–Crippen MR) is 79.8 cm³/mol. The molecule has 2 unspecified atom stereocenters. The number of hydrogen-bond donors (Lipinski definition) is 1. The molecule has 1 saturated carbocycles. The minimum absolute atomic E-state index is 0.755. The highest BCUT2D eigenvalue weighted by atomic mass is 32.1. The summed E-state index contributed by atoms with van der Waals surface area (Å²) in [6, 6.07) is 0. The highest BCUT2D eigenvalue weighted by molar-refractivity contribution is 7.71. The number of aromatic amines is 1. The van der Waals surface area contributed by atoms with Gasteiger partial charge in [-0.3, -0.25) is 4.68 Å². The van der Waals surface area contributed by atoms with Gasteiger partial charge in [-0.25, -0.2) is 0 Å². The van der Waals surface area contributed by atoms with Crippen LogP contribution in [0, 0.1) is 16.6 Å². The quantitative estimate of drug-likeness (QED) is 0.874. The summed E-state index contributed by atoms with van der Waals surface area (Å²) in [5.41, 5.74) is 3.39. The van der Waals surface area contributed by atoms with E-state index >= 15 is 0 Å². The lowest BCUT2D eigenvalue weighted by Crippen LogP contribution is -2.14. The van der Waals surface area contributed by atoms with Crippen molar-refractivity contribution in [3.8, 4) is 0 Å². The van der Waals surface area contributed by atoms with Crippen LogP contribution in [0.15, 0.2) is 0 Å². The minimum Gasteiger partial charge on any atom is -0.328 e. The zero-order chi connectivity index (χ0) is 13.6. The normalized spacial score (nSPS) is 23.5.